The van der Waals surface area contributed by atoms with Crippen LogP contribution in [0.15, 0.2) is 15.2 Å². The molecule has 0 saturated carbocycles. The predicted octanol–water partition coefficient (Wildman–Crippen LogP) is 1.12. The molecule has 0 spiro atoms. The maximum absolute atomic E-state index is 3.73. The highest BCUT2D eigenvalue weighted by molar-refractivity contribution is 5.60. The normalized spacial score (nSPS) is 10.0. The Hall–Kier alpha value is -1.17. The standard InChI is InChI=1S/C6H9N3/c1-7-5-3-4-6-9-8-2/h5H,3H2,1-2H3/b7-5+,9-8?. The highest BCUT2D eigenvalue weighted by Crippen LogP contribution is 1.69. The minimum absolute atomic E-state index is 0.648. The van der Waals surface area contributed by atoms with Gasteiger partial charge in [0.05, 0.1) is 6.04 Å². The summed E-state index contributed by atoms with van der Waals surface area (Å²) in [7, 11) is 3.30. The fourth-order valence-electron chi connectivity index (χ4n) is 0.268. The average molecular weight is 123 g/mol. The molecule has 0 aromatic heterocycles. The lowest BCUT2D eigenvalue weighted by atomic mass is 10.5. The average Bonchev–Trinajstić information content (AvgIpc) is 1.89. The van der Waals surface area contributed by atoms with Crippen molar-refractivity contribution in [3.63, 3.8) is 0 Å². The Morgan fingerprint density at radius 1 is 1.44 bits per heavy atom. The molecular weight excluding hydrogens is 114 g/mol. The summed E-state index contributed by atoms with van der Waals surface area (Å²) in [5.74, 6) is 2.73. The maximum atomic E-state index is 3.73. The van der Waals surface area contributed by atoms with Crippen LogP contribution in [0.4, 0.5) is 0 Å². The van der Waals surface area contributed by atoms with Gasteiger partial charge in [0.25, 0.3) is 0 Å². The van der Waals surface area contributed by atoms with Crippen molar-refractivity contribution < 1.29 is 0 Å². The molecule has 0 bridgehead atoms. The van der Waals surface area contributed by atoms with Crippen LogP contribution in [0.25, 0.3) is 0 Å². The highest BCUT2D eigenvalue weighted by Gasteiger charge is 1.63. The zero-order valence-electron chi connectivity index (χ0n) is 5.63. The van der Waals surface area contributed by atoms with Crippen LogP contribution in [0.1, 0.15) is 6.42 Å². The summed E-state index contributed by atoms with van der Waals surface area (Å²) in [6.07, 6.45) is 2.37. The van der Waals surface area contributed by atoms with Gasteiger partial charge in [-0.3, -0.25) is 4.99 Å². The number of hydrogen-bond acceptors (Lipinski definition) is 3. The second-order valence-corrected chi connectivity index (χ2v) is 1.23. The van der Waals surface area contributed by atoms with Gasteiger partial charge in [0.15, 0.2) is 0 Å². The molecular formula is C6H9N3. The van der Waals surface area contributed by atoms with E-state index in [1.54, 1.807) is 20.3 Å². The molecule has 0 rings (SSSR count). The lowest BCUT2D eigenvalue weighted by Gasteiger charge is -1.69. The first-order valence-electron chi connectivity index (χ1n) is 2.59. The largest absolute Gasteiger partial charge is 0.300 e. The molecule has 0 heterocycles. The molecule has 0 aliphatic carbocycles. The molecule has 0 aromatic carbocycles. The summed E-state index contributed by atoms with van der Waals surface area (Å²) < 4.78 is 0. The molecule has 0 saturated heterocycles. The Bertz CT molecular complexity index is 159. The van der Waals surface area contributed by atoms with Crippen molar-refractivity contribution >= 4 is 6.21 Å². The zero-order valence-corrected chi connectivity index (χ0v) is 5.63. The first-order valence-corrected chi connectivity index (χ1v) is 2.59. The molecule has 0 aliphatic rings. The fraction of sp³-hybridized carbons (Fsp3) is 0.500. The van der Waals surface area contributed by atoms with Crippen molar-refractivity contribution in [2.45, 2.75) is 6.42 Å². The van der Waals surface area contributed by atoms with Gasteiger partial charge in [-0.2, -0.15) is 5.11 Å². The third kappa shape index (κ3) is 6.83. The van der Waals surface area contributed by atoms with E-state index < -0.39 is 0 Å². The summed E-state index contributed by atoms with van der Waals surface area (Å²) >= 11 is 0. The van der Waals surface area contributed by atoms with Crippen molar-refractivity contribution in [3.8, 4) is 12.0 Å². The Labute approximate surface area is 54.9 Å². The quantitative estimate of drug-likeness (QED) is 0.284. The molecule has 0 aromatic rings. The topological polar surface area (TPSA) is 37.1 Å². The van der Waals surface area contributed by atoms with Crippen molar-refractivity contribution in [1.82, 2.24) is 0 Å². The van der Waals surface area contributed by atoms with Gasteiger partial charge in [0.1, 0.15) is 0 Å². The molecule has 0 aliphatic heterocycles. The van der Waals surface area contributed by atoms with Crippen LogP contribution in [-0.4, -0.2) is 20.3 Å². The van der Waals surface area contributed by atoms with Gasteiger partial charge in [-0.05, 0) is 0 Å². The van der Waals surface area contributed by atoms with Gasteiger partial charge in [-0.25, -0.2) is 0 Å². The van der Waals surface area contributed by atoms with Crippen LogP contribution in [-0.2, 0) is 0 Å². The molecule has 3 heteroatoms. The van der Waals surface area contributed by atoms with Crippen LogP contribution in [0.5, 0.6) is 0 Å². The Morgan fingerprint density at radius 2 is 2.22 bits per heavy atom. The minimum Gasteiger partial charge on any atom is -0.300 e. The van der Waals surface area contributed by atoms with E-state index >= 15 is 0 Å². The molecule has 9 heavy (non-hydrogen) atoms. The number of rotatable bonds is 1. The smallest absolute Gasteiger partial charge is 0.0575 e. The van der Waals surface area contributed by atoms with E-state index in [4.69, 9.17) is 0 Å². The second kappa shape index (κ2) is 6.83. The predicted molar refractivity (Wildman–Crippen MR) is 37.6 cm³/mol. The van der Waals surface area contributed by atoms with Crippen LogP contribution in [0.2, 0.25) is 0 Å². The SMILES string of the molecule is CN=NC#CC/C=N/C. The van der Waals surface area contributed by atoms with Crippen LogP contribution in [0.3, 0.4) is 0 Å². The monoisotopic (exact) mass is 123 g/mol. The third-order valence-corrected chi connectivity index (χ3v) is 0.605. The lowest BCUT2D eigenvalue weighted by molar-refractivity contribution is 1.19. The van der Waals surface area contributed by atoms with Crippen LogP contribution in [0, 0.1) is 12.0 Å². The summed E-state index contributed by atoms with van der Waals surface area (Å²) in [6.45, 7) is 0. The van der Waals surface area contributed by atoms with Gasteiger partial charge >= 0.3 is 0 Å². The van der Waals surface area contributed by atoms with E-state index in [0.29, 0.717) is 6.42 Å². The molecule has 0 N–H and O–H groups in total. The Kier molecular flexibility index (Phi) is 5.94. The van der Waals surface area contributed by atoms with Crippen molar-refractivity contribution in [1.29, 1.82) is 0 Å². The molecule has 0 amide bonds. The molecule has 0 unspecified atom stereocenters. The van der Waals surface area contributed by atoms with Gasteiger partial charge in [0.2, 0.25) is 0 Å². The Balaban J connectivity index is 3.38. The summed E-state index contributed by atoms with van der Waals surface area (Å²) in [5.41, 5.74) is 0. The first kappa shape index (κ1) is 7.83. The fourth-order valence-corrected chi connectivity index (χ4v) is 0.268. The molecule has 0 radical (unpaired) electrons. The van der Waals surface area contributed by atoms with Crippen molar-refractivity contribution in [3.05, 3.63) is 0 Å². The van der Waals surface area contributed by atoms with Crippen LogP contribution >= 0.6 is 0 Å². The van der Waals surface area contributed by atoms with E-state index in [-0.39, 0.29) is 0 Å². The summed E-state index contributed by atoms with van der Waals surface area (Å²) in [5, 5.41) is 6.89. The number of nitrogens with zero attached hydrogens (tertiary/aromatic N) is 3. The van der Waals surface area contributed by atoms with E-state index in [9.17, 15) is 0 Å². The van der Waals surface area contributed by atoms with Gasteiger partial charge < -0.3 is 0 Å². The van der Waals surface area contributed by atoms with Gasteiger partial charge in [0, 0.05) is 26.7 Å². The number of hydrogen-bond donors (Lipinski definition) is 0. The highest BCUT2D eigenvalue weighted by atomic mass is 15.1. The number of aliphatic imine (C=N–C) groups is 1. The molecule has 3 nitrogen and oxygen atoms in total. The van der Waals surface area contributed by atoms with E-state index in [0.717, 1.165) is 0 Å². The summed E-state index contributed by atoms with van der Waals surface area (Å²) in [6, 6.07) is 2.49. The maximum Gasteiger partial charge on any atom is 0.0575 e. The first-order chi connectivity index (χ1) is 4.41. The molecule has 0 atom stereocenters. The van der Waals surface area contributed by atoms with Crippen LogP contribution < -0.4 is 0 Å². The second-order valence-electron chi connectivity index (χ2n) is 1.23. The molecule has 0 fully saturated rings. The lowest BCUT2D eigenvalue weighted by Crippen LogP contribution is -1.66. The van der Waals surface area contributed by atoms with E-state index in [1.807, 2.05) is 0 Å². The van der Waals surface area contributed by atoms with Gasteiger partial charge in [-0.15, -0.1) is 5.11 Å². The Morgan fingerprint density at radius 3 is 2.78 bits per heavy atom. The van der Waals surface area contributed by atoms with Crippen molar-refractivity contribution in [2.75, 3.05) is 14.1 Å². The zero-order chi connectivity index (χ0) is 6.95. The number of azo groups is 1. The summed E-state index contributed by atoms with van der Waals surface area (Å²) in [4.78, 5) is 3.73. The van der Waals surface area contributed by atoms with E-state index in [1.165, 1.54) is 0 Å². The minimum atomic E-state index is 0.648. The van der Waals surface area contributed by atoms with E-state index in [2.05, 4.69) is 27.2 Å². The molecule has 48 valence electrons. The van der Waals surface area contributed by atoms with Gasteiger partial charge in [-0.1, -0.05) is 5.92 Å². The third-order valence-electron chi connectivity index (χ3n) is 0.605. The van der Waals surface area contributed by atoms with Crippen molar-refractivity contribution in [2.24, 2.45) is 15.2 Å².